The molecule has 0 radical (unpaired) electrons. The Morgan fingerprint density at radius 1 is 1.23 bits per heavy atom. The Morgan fingerprint density at radius 2 is 2.00 bits per heavy atom. The third kappa shape index (κ3) is 4.60. The van der Waals surface area contributed by atoms with E-state index < -0.39 is 0 Å². The molecule has 2 N–H and O–H groups in total. The van der Waals surface area contributed by atoms with Gasteiger partial charge in [0.05, 0.1) is 5.69 Å². The third-order valence-electron chi connectivity index (χ3n) is 4.45. The predicted molar refractivity (Wildman–Crippen MR) is 113 cm³/mol. The Bertz CT molecular complexity index is 788. The van der Waals surface area contributed by atoms with Crippen molar-refractivity contribution >= 4 is 29.9 Å². The van der Waals surface area contributed by atoms with Crippen LogP contribution in [0.15, 0.2) is 23.2 Å². The zero-order valence-electron chi connectivity index (χ0n) is 15.6. The molecule has 3 rings (SSSR count). The molecular formula is C18H26IN5O2. The minimum atomic E-state index is 0. The molecule has 0 saturated heterocycles. The number of guanidine groups is 1. The number of nitrogens with one attached hydrogen (secondary N) is 2. The number of aliphatic imine (C=N–C) groups is 1. The Labute approximate surface area is 171 Å². The van der Waals surface area contributed by atoms with Crippen molar-refractivity contribution in [1.82, 2.24) is 20.4 Å². The summed E-state index contributed by atoms with van der Waals surface area (Å²) in [6.45, 7) is 5.91. The number of benzene rings is 1. The molecule has 8 heteroatoms. The number of halogens is 1. The van der Waals surface area contributed by atoms with E-state index in [4.69, 9.17) is 9.47 Å². The molecule has 7 nitrogen and oxygen atoms in total. The molecule has 1 aromatic carbocycles. The van der Waals surface area contributed by atoms with Crippen LogP contribution in [0.5, 0.6) is 11.5 Å². The minimum absolute atomic E-state index is 0. The van der Waals surface area contributed by atoms with Crippen LogP contribution >= 0.6 is 24.0 Å². The van der Waals surface area contributed by atoms with E-state index in [0.29, 0.717) is 13.3 Å². The molecule has 0 saturated carbocycles. The van der Waals surface area contributed by atoms with E-state index in [-0.39, 0.29) is 24.0 Å². The van der Waals surface area contributed by atoms with Crippen LogP contribution in [0.3, 0.4) is 0 Å². The molecular weight excluding hydrogens is 445 g/mol. The Morgan fingerprint density at radius 3 is 2.69 bits per heavy atom. The minimum Gasteiger partial charge on any atom is -0.454 e. The Balaban J connectivity index is 0.00000243. The van der Waals surface area contributed by atoms with Gasteiger partial charge in [-0.25, -0.2) is 0 Å². The lowest BCUT2D eigenvalue weighted by Gasteiger charge is -2.12. The number of nitrogens with zero attached hydrogens (tertiary/aromatic N) is 3. The number of aromatic nitrogens is 2. The van der Waals surface area contributed by atoms with Crippen LogP contribution < -0.4 is 20.1 Å². The summed E-state index contributed by atoms with van der Waals surface area (Å²) in [4.78, 5) is 4.27. The molecule has 2 heterocycles. The fourth-order valence-electron chi connectivity index (χ4n) is 2.94. The lowest BCUT2D eigenvalue weighted by Crippen LogP contribution is -2.37. The van der Waals surface area contributed by atoms with Gasteiger partial charge in [0.2, 0.25) is 6.79 Å². The molecule has 0 atom stereocenters. The molecule has 0 fully saturated rings. The number of hydrogen-bond donors (Lipinski definition) is 2. The number of ether oxygens (including phenoxy) is 2. The average molecular weight is 471 g/mol. The Kier molecular flexibility index (Phi) is 7.13. The molecule has 1 aromatic heterocycles. The van der Waals surface area contributed by atoms with Gasteiger partial charge in [-0.15, -0.1) is 24.0 Å². The van der Waals surface area contributed by atoms with Gasteiger partial charge in [0.25, 0.3) is 0 Å². The van der Waals surface area contributed by atoms with Gasteiger partial charge in [0, 0.05) is 32.9 Å². The molecule has 0 aliphatic carbocycles. The monoisotopic (exact) mass is 471 g/mol. The zero-order chi connectivity index (χ0) is 17.8. The van der Waals surface area contributed by atoms with Crippen molar-refractivity contribution in [2.75, 3.05) is 20.4 Å². The SMILES string of the molecule is CN=C(NCCc1c(C)nn(C)c1C)NCc1ccc2c(c1)OCO2.I. The van der Waals surface area contributed by atoms with Crippen LogP contribution in [0.4, 0.5) is 0 Å². The van der Waals surface area contributed by atoms with Crippen LogP contribution in [-0.2, 0) is 20.0 Å². The van der Waals surface area contributed by atoms with Crippen molar-refractivity contribution in [2.24, 2.45) is 12.0 Å². The zero-order valence-corrected chi connectivity index (χ0v) is 18.0. The van der Waals surface area contributed by atoms with Crippen molar-refractivity contribution in [3.63, 3.8) is 0 Å². The standard InChI is InChI=1S/C18H25N5O2.HI/c1-12-15(13(2)23(4)22-12)7-8-20-18(19-3)21-10-14-5-6-16-17(9-14)25-11-24-16;/h5-6,9H,7-8,10-11H2,1-4H3,(H2,19,20,21);1H. The number of hydrogen-bond acceptors (Lipinski definition) is 4. The van der Waals surface area contributed by atoms with Gasteiger partial charge in [0.1, 0.15) is 0 Å². The molecule has 2 aromatic rings. The van der Waals surface area contributed by atoms with Gasteiger partial charge in [-0.3, -0.25) is 9.67 Å². The molecule has 1 aliphatic rings. The summed E-state index contributed by atoms with van der Waals surface area (Å²) in [5, 5.41) is 11.1. The highest BCUT2D eigenvalue weighted by Crippen LogP contribution is 2.32. The summed E-state index contributed by atoms with van der Waals surface area (Å²) in [6, 6.07) is 5.95. The van der Waals surface area contributed by atoms with Crippen molar-refractivity contribution in [1.29, 1.82) is 0 Å². The third-order valence-corrected chi connectivity index (χ3v) is 4.45. The quantitative estimate of drug-likeness (QED) is 0.398. The number of fused-ring (bicyclic) bond motifs is 1. The van der Waals surface area contributed by atoms with Crippen LogP contribution in [0.1, 0.15) is 22.5 Å². The average Bonchev–Trinajstić information content (AvgIpc) is 3.16. The first kappa shape index (κ1) is 20.3. The topological polar surface area (TPSA) is 72.7 Å². The molecule has 0 bridgehead atoms. The van der Waals surface area contributed by atoms with E-state index in [2.05, 4.69) is 34.6 Å². The summed E-state index contributed by atoms with van der Waals surface area (Å²) in [5.41, 5.74) is 4.71. The van der Waals surface area contributed by atoms with E-state index in [1.165, 1.54) is 11.3 Å². The lowest BCUT2D eigenvalue weighted by atomic mass is 10.1. The van der Waals surface area contributed by atoms with E-state index >= 15 is 0 Å². The highest BCUT2D eigenvalue weighted by atomic mass is 127. The molecule has 26 heavy (non-hydrogen) atoms. The highest BCUT2D eigenvalue weighted by molar-refractivity contribution is 14.0. The fourth-order valence-corrected chi connectivity index (χ4v) is 2.94. The van der Waals surface area contributed by atoms with E-state index in [1.54, 1.807) is 7.05 Å². The molecule has 0 amide bonds. The maximum Gasteiger partial charge on any atom is 0.231 e. The summed E-state index contributed by atoms with van der Waals surface area (Å²) in [5.74, 6) is 2.37. The van der Waals surface area contributed by atoms with Gasteiger partial charge in [0.15, 0.2) is 17.5 Å². The van der Waals surface area contributed by atoms with Gasteiger partial charge in [-0.2, -0.15) is 5.10 Å². The fraction of sp³-hybridized carbons (Fsp3) is 0.444. The number of rotatable bonds is 5. The first-order valence-electron chi connectivity index (χ1n) is 8.40. The van der Waals surface area contributed by atoms with E-state index in [1.807, 2.05) is 29.9 Å². The van der Waals surface area contributed by atoms with Crippen LogP contribution in [0.2, 0.25) is 0 Å². The van der Waals surface area contributed by atoms with Gasteiger partial charge in [-0.1, -0.05) is 6.07 Å². The second-order valence-electron chi connectivity index (χ2n) is 6.06. The van der Waals surface area contributed by atoms with E-state index in [0.717, 1.165) is 41.7 Å². The maximum absolute atomic E-state index is 5.41. The van der Waals surface area contributed by atoms with E-state index in [9.17, 15) is 0 Å². The second-order valence-corrected chi connectivity index (χ2v) is 6.06. The van der Waals surface area contributed by atoms with Crippen molar-refractivity contribution in [3.05, 3.63) is 40.7 Å². The second kappa shape index (κ2) is 9.11. The number of aryl methyl sites for hydroxylation is 2. The van der Waals surface area contributed by atoms with Gasteiger partial charge in [-0.05, 0) is 43.5 Å². The summed E-state index contributed by atoms with van der Waals surface area (Å²) < 4.78 is 12.7. The Hall–Kier alpha value is -1.97. The maximum atomic E-state index is 5.41. The smallest absolute Gasteiger partial charge is 0.231 e. The van der Waals surface area contributed by atoms with Gasteiger partial charge >= 0.3 is 0 Å². The largest absolute Gasteiger partial charge is 0.454 e. The summed E-state index contributed by atoms with van der Waals surface area (Å²) in [6.07, 6.45) is 0.913. The molecule has 142 valence electrons. The molecule has 0 unspecified atom stereocenters. The van der Waals surface area contributed by atoms with Crippen molar-refractivity contribution < 1.29 is 9.47 Å². The lowest BCUT2D eigenvalue weighted by molar-refractivity contribution is 0.174. The van der Waals surface area contributed by atoms with Gasteiger partial charge < -0.3 is 20.1 Å². The predicted octanol–water partition coefficient (Wildman–Crippen LogP) is 2.29. The molecule has 1 aliphatic heterocycles. The van der Waals surface area contributed by atoms with Crippen molar-refractivity contribution in [3.8, 4) is 11.5 Å². The summed E-state index contributed by atoms with van der Waals surface area (Å²) in [7, 11) is 3.75. The first-order valence-corrected chi connectivity index (χ1v) is 8.40. The molecule has 0 spiro atoms. The van der Waals surface area contributed by atoms with Crippen LogP contribution in [-0.4, -0.2) is 36.1 Å². The van der Waals surface area contributed by atoms with Crippen LogP contribution in [0.25, 0.3) is 0 Å². The highest BCUT2D eigenvalue weighted by Gasteiger charge is 2.13. The normalized spacial score (nSPS) is 12.7. The van der Waals surface area contributed by atoms with Crippen molar-refractivity contribution in [2.45, 2.75) is 26.8 Å². The first-order chi connectivity index (χ1) is 12.1. The summed E-state index contributed by atoms with van der Waals surface area (Å²) >= 11 is 0. The van der Waals surface area contributed by atoms with Crippen LogP contribution in [0, 0.1) is 13.8 Å².